The number of likely N-dealkylation sites (tertiary alicyclic amines) is 1. The zero-order chi connectivity index (χ0) is 17.7. The van der Waals surface area contributed by atoms with Crippen LogP contribution >= 0.6 is 0 Å². The van der Waals surface area contributed by atoms with E-state index in [1.807, 2.05) is 24.7 Å². The molecule has 4 heterocycles. The van der Waals surface area contributed by atoms with Gasteiger partial charge in [0.05, 0.1) is 17.5 Å². The Balaban J connectivity index is 1.29. The molecule has 3 N–H and O–H groups in total. The molecule has 1 aliphatic carbocycles. The SMILES string of the molecule is CN1NC(C2CCC(CN3CC[C@@H](O)C3)CC2)=C2c3cc[nH]c3N=CN21. The van der Waals surface area contributed by atoms with Crippen LogP contribution in [0.15, 0.2) is 23.0 Å². The molecule has 0 aromatic carbocycles. The molecule has 0 unspecified atom stereocenters. The molecule has 4 aliphatic rings. The van der Waals surface area contributed by atoms with Crippen molar-refractivity contribution in [3.8, 4) is 0 Å². The van der Waals surface area contributed by atoms with E-state index in [4.69, 9.17) is 0 Å². The van der Waals surface area contributed by atoms with Crippen LogP contribution in [0.4, 0.5) is 5.82 Å². The van der Waals surface area contributed by atoms with Crippen molar-refractivity contribution in [2.45, 2.75) is 38.2 Å². The Labute approximate surface area is 154 Å². The lowest BCUT2D eigenvalue weighted by molar-refractivity contribution is 0.112. The van der Waals surface area contributed by atoms with Crippen molar-refractivity contribution in [2.75, 3.05) is 26.7 Å². The van der Waals surface area contributed by atoms with E-state index in [0.29, 0.717) is 5.92 Å². The second-order valence-corrected chi connectivity index (χ2v) is 8.15. The summed E-state index contributed by atoms with van der Waals surface area (Å²) in [4.78, 5) is 10.2. The minimum Gasteiger partial charge on any atom is -0.392 e. The second kappa shape index (κ2) is 6.40. The molecule has 1 saturated carbocycles. The van der Waals surface area contributed by atoms with E-state index in [0.717, 1.165) is 37.8 Å². The highest BCUT2D eigenvalue weighted by Crippen LogP contribution is 2.42. The van der Waals surface area contributed by atoms with Gasteiger partial charge in [-0.1, -0.05) is 0 Å². The number of nitrogens with one attached hydrogen (secondary N) is 2. The van der Waals surface area contributed by atoms with E-state index >= 15 is 0 Å². The van der Waals surface area contributed by atoms with Gasteiger partial charge in [0.25, 0.3) is 0 Å². The van der Waals surface area contributed by atoms with Crippen LogP contribution in [-0.4, -0.2) is 64.2 Å². The number of allylic oxidation sites excluding steroid dienone is 1. The number of fused-ring (bicyclic) bond motifs is 3. The maximum absolute atomic E-state index is 9.73. The molecule has 1 atom stereocenters. The van der Waals surface area contributed by atoms with Gasteiger partial charge in [0, 0.05) is 44.4 Å². The molecule has 0 bridgehead atoms. The second-order valence-electron chi connectivity index (χ2n) is 8.15. The van der Waals surface area contributed by atoms with Crippen LogP contribution in [0.3, 0.4) is 0 Å². The van der Waals surface area contributed by atoms with Gasteiger partial charge in [-0.05, 0) is 44.1 Å². The summed E-state index contributed by atoms with van der Waals surface area (Å²) < 4.78 is 0. The number of nitrogens with zero attached hydrogens (tertiary/aromatic N) is 4. The van der Waals surface area contributed by atoms with Gasteiger partial charge in [-0.15, -0.1) is 5.12 Å². The molecule has 1 saturated heterocycles. The van der Waals surface area contributed by atoms with Gasteiger partial charge >= 0.3 is 0 Å². The molecular formula is C19H28N6O. The molecule has 5 rings (SSSR count). The predicted molar refractivity (Wildman–Crippen MR) is 101 cm³/mol. The molecule has 2 fully saturated rings. The number of aliphatic hydroxyl groups excluding tert-OH is 1. The number of H-pyrrole nitrogens is 1. The first-order chi connectivity index (χ1) is 12.7. The Morgan fingerprint density at radius 2 is 2.08 bits per heavy atom. The van der Waals surface area contributed by atoms with E-state index in [2.05, 4.69) is 31.4 Å². The number of hydrogen-bond donors (Lipinski definition) is 3. The van der Waals surface area contributed by atoms with E-state index in [1.165, 1.54) is 42.6 Å². The van der Waals surface area contributed by atoms with Gasteiger partial charge in [0.1, 0.15) is 12.2 Å². The number of aliphatic imine (C=N–C) groups is 1. The fourth-order valence-corrected chi connectivity index (χ4v) is 4.99. The molecular weight excluding hydrogens is 328 g/mol. The highest BCUT2D eigenvalue weighted by molar-refractivity contribution is 5.87. The minimum atomic E-state index is -0.106. The van der Waals surface area contributed by atoms with Crippen LogP contribution in [0.1, 0.15) is 37.7 Å². The average molecular weight is 356 g/mol. The number of aliphatic hydroxyl groups is 1. The van der Waals surface area contributed by atoms with Crippen LogP contribution in [-0.2, 0) is 0 Å². The van der Waals surface area contributed by atoms with E-state index in [-0.39, 0.29) is 6.10 Å². The van der Waals surface area contributed by atoms with E-state index in [9.17, 15) is 5.11 Å². The third-order valence-electron chi connectivity index (χ3n) is 6.39. The summed E-state index contributed by atoms with van der Waals surface area (Å²) in [5.41, 5.74) is 7.36. The maximum atomic E-state index is 9.73. The summed E-state index contributed by atoms with van der Waals surface area (Å²) in [6.07, 6.45) is 9.69. The lowest BCUT2D eigenvalue weighted by atomic mass is 9.79. The van der Waals surface area contributed by atoms with Gasteiger partial charge in [0.15, 0.2) is 0 Å². The minimum absolute atomic E-state index is 0.106. The average Bonchev–Trinajstić information content (AvgIpc) is 3.34. The van der Waals surface area contributed by atoms with Gasteiger partial charge in [0.2, 0.25) is 0 Å². The molecule has 0 amide bonds. The van der Waals surface area contributed by atoms with Crippen LogP contribution in [0.25, 0.3) is 5.70 Å². The molecule has 3 aliphatic heterocycles. The molecule has 1 aromatic rings. The summed E-state index contributed by atoms with van der Waals surface area (Å²) >= 11 is 0. The number of hydrogen-bond acceptors (Lipinski definition) is 6. The number of aromatic amines is 1. The van der Waals surface area contributed by atoms with Crippen molar-refractivity contribution in [2.24, 2.45) is 16.8 Å². The Morgan fingerprint density at radius 3 is 2.85 bits per heavy atom. The molecule has 140 valence electrons. The third kappa shape index (κ3) is 2.74. The Kier molecular flexibility index (Phi) is 4.03. The first kappa shape index (κ1) is 16.4. The normalized spacial score (nSPS) is 32.1. The van der Waals surface area contributed by atoms with E-state index < -0.39 is 0 Å². The van der Waals surface area contributed by atoms with Crippen molar-refractivity contribution in [3.63, 3.8) is 0 Å². The monoisotopic (exact) mass is 356 g/mol. The lowest BCUT2D eigenvalue weighted by Gasteiger charge is -2.32. The van der Waals surface area contributed by atoms with Gasteiger partial charge in [-0.3, -0.25) is 0 Å². The molecule has 7 heteroatoms. The summed E-state index contributed by atoms with van der Waals surface area (Å²) in [6.45, 7) is 3.09. The molecule has 0 radical (unpaired) electrons. The van der Waals surface area contributed by atoms with Crippen molar-refractivity contribution < 1.29 is 5.11 Å². The predicted octanol–water partition coefficient (Wildman–Crippen LogP) is 1.90. The van der Waals surface area contributed by atoms with Crippen molar-refractivity contribution in [1.82, 2.24) is 25.4 Å². The fourth-order valence-electron chi connectivity index (χ4n) is 4.99. The topological polar surface area (TPSA) is 70.1 Å². The quantitative estimate of drug-likeness (QED) is 0.772. The molecule has 0 spiro atoms. The number of hydrazine groups is 2. The summed E-state index contributed by atoms with van der Waals surface area (Å²) in [5, 5.41) is 13.9. The van der Waals surface area contributed by atoms with Crippen LogP contribution in [0.5, 0.6) is 0 Å². The number of rotatable bonds is 3. The van der Waals surface area contributed by atoms with Gasteiger partial charge < -0.3 is 20.4 Å². The standard InChI is InChI=1S/C19H28N6O/c1-23-22-17(18-16-6-8-20-19(16)21-12-25(18)23)14-4-2-13(3-5-14)10-24-9-7-15(26)11-24/h6,8,12-15,20,22,26H,2-5,7,9-11H2,1H3/t13?,14?,15-/m1/s1. The van der Waals surface area contributed by atoms with Crippen LogP contribution in [0.2, 0.25) is 0 Å². The summed E-state index contributed by atoms with van der Waals surface area (Å²) in [7, 11) is 2.04. The number of aromatic nitrogens is 1. The summed E-state index contributed by atoms with van der Waals surface area (Å²) in [5.74, 6) is 2.30. The smallest absolute Gasteiger partial charge is 0.141 e. The molecule has 26 heavy (non-hydrogen) atoms. The Morgan fingerprint density at radius 1 is 1.23 bits per heavy atom. The largest absolute Gasteiger partial charge is 0.392 e. The molecule has 7 nitrogen and oxygen atoms in total. The maximum Gasteiger partial charge on any atom is 0.141 e. The highest BCUT2D eigenvalue weighted by atomic mass is 16.3. The van der Waals surface area contributed by atoms with E-state index in [1.54, 1.807) is 0 Å². The van der Waals surface area contributed by atoms with Crippen LogP contribution < -0.4 is 5.43 Å². The summed E-state index contributed by atoms with van der Waals surface area (Å²) in [6, 6.07) is 2.12. The Hall–Kier alpha value is -1.83. The first-order valence-corrected chi connectivity index (χ1v) is 9.85. The number of β-amino-alcohol motifs (C(OH)–C–C–N with tert-alkyl or cyclic N) is 1. The van der Waals surface area contributed by atoms with Gasteiger partial charge in [-0.2, -0.15) is 0 Å². The van der Waals surface area contributed by atoms with Crippen LogP contribution in [0, 0.1) is 11.8 Å². The van der Waals surface area contributed by atoms with Crippen molar-refractivity contribution >= 4 is 17.9 Å². The zero-order valence-corrected chi connectivity index (χ0v) is 15.4. The van der Waals surface area contributed by atoms with Crippen molar-refractivity contribution in [3.05, 3.63) is 23.5 Å². The first-order valence-electron chi connectivity index (χ1n) is 9.85. The van der Waals surface area contributed by atoms with Crippen molar-refractivity contribution in [1.29, 1.82) is 0 Å². The molecule has 1 aromatic heterocycles. The fraction of sp³-hybridized carbons (Fsp3) is 0.632. The Bertz CT molecular complexity index is 732. The third-order valence-corrected chi connectivity index (χ3v) is 6.39. The van der Waals surface area contributed by atoms with Gasteiger partial charge in [-0.25, -0.2) is 10.0 Å². The zero-order valence-electron chi connectivity index (χ0n) is 15.4. The highest BCUT2D eigenvalue weighted by Gasteiger charge is 2.37. The lowest BCUT2D eigenvalue weighted by Crippen LogP contribution is -2.40.